The Morgan fingerprint density at radius 2 is 2.00 bits per heavy atom. The molecule has 0 radical (unpaired) electrons. The minimum atomic E-state index is -0.293. The lowest BCUT2D eigenvalue weighted by Crippen LogP contribution is -2.26. The van der Waals surface area contributed by atoms with E-state index in [4.69, 9.17) is 4.52 Å². The average molecular weight is 470 g/mol. The molecule has 6 rings (SSSR count). The molecule has 35 heavy (non-hydrogen) atoms. The predicted molar refractivity (Wildman–Crippen MR) is 128 cm³/mol. The van der Waals surface area contributed by atoms with E-state index >= 15 is 0 Å². The van der Waals surface area contributed by atoms with E-state index in [9.17, 15) is 9.90 Å². The Hall–Kier alpha value is -4.31. The van der Waals surface area contributed by atoms with Crippen LogP contribution >= 0.6 is 0 Å². The van der Waals surface area contributed by atoms with Crippen molar-refractivity contribution in [3.63, 3.8) is 0 Å². The molecule has 0 unspecified atom stereocenters. The van der Waals surface area contributed by atoms with Gasteiger partial charge in [0.05, 0.1) is 29.1 Å². The largest absolute Gasteiger partial charge is 0.393 e. The van der Waals surface area contributed by atoms with Crippen LogP contribution < -0.4 is 5.32 Å². The van der Waals surface area contributed by atoms with E-state index in [0.29, 0.717) is 41.3 Å². The molecule has 2 N–H and O–H groups in total. The summed E-state index contributed by atoms with van der Waals surface area (Å²) < 4.78 is 8.82. The number of aliphatic hydroxyl groups is 1. The molecule has 176 valence electrons. The summed E-state index contributed by atoms with van der Waals surface area (Å²) in [5.41, 5.74) is 5.20. The zero-order chi connectivity index (χ0) is 24.1. The molecule has 1 aliphatic rings. The molecule has 0 aliphatic heterocycles. The summed E-state index contributed by atoms with van der Waals surface area (Å²) in [7, 11) is 1.87. The van der Waals surface area contributed by atoms with E-state index in [1.807, 2.05) is 62.8 Å². The highest BCUT2D eigenvalue weighted by atomic mass is 16.5. The summed E-state index contributed by atoms with van der Waals surface area (Å²) >= 11 is 0. The number of rotatable bonds is 5. The lowest BCUT2D eigenvalue weighted by atomic mass is 9.82. The maximum absolute atomic E-state index is 13.2. The van der Waals surface area contributed by atoms with Crippen molar-refractivity contribution in [2.24, 2.45) is 7.05 Å². The highest BCUT2D eigenvalue weighted by molar-refractivity contribution is 6.09. The van der Waals surface area contributed by atoms with Crippen molar-refractivity contribution < 1.29 is 14.4 Å². The zero-order valence-electron chi connectivity index (χ0n) is 19.2. The average Bonchev–Trinajstić information content (AvgIpc) is 3.57. The third-order valence-corrected chi connectivity index (χ3v) is 6.42. The first kappa shape index (κ1) is 21.2. The number of nitrogens with zero attached hydrogens (tertiary/aromatic N) is 6. The van der Waals surface area contributed by atoms with Crippen LogP contribution in [0.15, 0.2) is 59.5 Å². The van der Waals surface area contributed by atoms with Gasteiger partial charge in [0.2, 0.25) is 11.7 Å². The highest BCUT2D eigenvalue weighted by Gasteiger charge is 2.33. The number of nitrogens with one attached hydrogen (secondary N) is 1. The van der Waals surface area contributed by atoms with Gasteiger partial charge < -0.3 is 14.9 Å². The van der Waals surface area contributed by atoms with Gasteiger partial charge in [-0.2, -0.15) is 15.2 Å². The molecule has 4 heterocycles. The number of pyridine rings is 1. The van der Waals surface area contributed by atoms with Gasteiger partial charge in [0.25, 0.3) is 5.91 Å². The van der Waals surface area contributed by atoms with E-state index in [-0.39, 0.29) is 17.9 Å². The standard InChI is InChI=1S/C25H23N7O3/c1-14-3-4-15(23-28-25(35-30-23)17-9-18(33)10-17)11-21(14)27-24(34)19-12-26-32-13-16(5-6-22(19)32)20-7-8-31(2)29-20/h3-8,11-13,17-18,33H,9-10H2,1-2H3,(H,27,34). The molecule has 5 aromatic rings. The van der Waals surface area contributed by atoms with Gasteiger partial charge in [-0.05, 0) is 49.6 Å². The van der Waals surface area contributed by atoms with Crippen LogP contribution in [0.25, 0.3) is 28.2 Å². The normalized spacial score (nSPS) is 17.5. The van der Waals surface area contributed by atoms with Gasteiger partial charge in [0.1, 0.15) is 0 Å². The molecule has 1 saturated carbocycles. The van der Waals surface area contributed by atoms with Crippen molar-refractivity contribution >= 4 is 17.1 Å². The number of benzene rings is 1. The molecule has 1 amide bonds. The summed E-state index contributed by atoms with van der Waals surface area (Å²) in [5.74, 6) is 0.829. The second kappa shape index (κ2) is 8.17. The number of aryl methyl sites for hydroxylation is 2. The van der Waals surface area contributed by atoms with Crippen molar-refractivity contribution in [2.75, 3.05) is 5.32 Å². The van der Waals surface area contributed by atoms with Gasteiger partial charge in [0.15, 0.2) is 0 Å². The molecule has 0 atom stereocenters. The van der Waals surface area contributed by atoms with E-state index < -0.39 is 0 Å². The molecular weight excluding hydrogens is 446 g/mol. The van der Waals surface area contributed by atoms with E-state index in [1.54, 1.807) is 15.4 Å². The molecule has 10 nitrogen and oxygen atoms in total. The second-order valence-corrected chi connectivity index (χ2v) is 8.94. The number of anilines is 1. The Bertz CT molecular complexity index is 1560. The Labute approximate surface area is 200 Å². The predicted octanol–water partition coefficient (Wildman–Crippen LogP) is 3.58. The van der Waals surface area contributed by atoms with Gasteiger partial charge in [-0.3, -0.25) is 9.48 Å². The molecule has 1 aromatic carbocycles. The Balaban J connectivity index is 1.24. The molecular formula is C25H23N7O3. The third-order valence-electron chi connectivity index (χ3n) is 6.42. The fourth-order valence-corrected chi connectivity index (χ4v) is 4.27. The van der Waals surface area contributed by atoms with Crippen molar-refractivity contribution in [3.8, 4) is 22.6 Å². The monoisotopic (exact) mass is 469 g/mol. The maximum atomic E-state index is 13.2. The maximum Gasteiger partial charge on any atom is 0.259 e. The minimum Gasteiger partial charge on any atom is -0.393 e. The molecule has 0 saturated heterocycles. The van der Waals surface area contributed by atoms with Crippen LogP contribution in [0.4, 0.5) is 5.69 Å². The van der Waals surface area contributed by atoms with Gasteiger partial charge in [-0.1, -0.05) is 17.3 Å². The molecule has 1 aliphatic carbocycles. The number of hydrogen-bond acceptors (Lipinski definition) is 7. The van der Waals surface area contributed by atoms with Crippen LogP contribution in [0, 0.1) is 6.92 Å². The summed E-state index contributed by atoms with van der Waals surface area (Å²) in [6.45, 7) is 1.92. The Kier molecular flexibility index (Phi) is 4.96. The minimum absolute atomic E-state index is 0.102. The number of aliphatic hydroxyl groups excluding tert-OH is 1. The first-order valence-corrected chi connectivity index (χ1v) is 11.4. The second-order valence-electron chi connectivity index (χ2n) is 8.94. The molecule has 4 aromatic heterocycles. The van der Waals surface area contributed by atoms with Crippen LogP contribution in [-0.2, 0) is 7.05 Å². The van der Waals surface area contributed by atoms with Gasteiger partial charge in [0, 0.05) is 42.2 Å². The lowest BCUT2D eigenvalue weighted by molar-refractivity contribution is 0.0625. The van der Waals surface area contributed by atoms with Gasteiger partial charge >= 0.3 is 0 Å². The summed E-state index contributed by atoms with van der Waals surface area (Å²) in [6.07, 6.45) is 6.28. The number of fused-ring (bicyclic) bond motifs is 1. The third kappa shape index (κ3) is 3.87. The number of carbonyl (C=O) groups excluding carboxylic acids is 1. The fraction of sp³-hybridized carbons (Fsp3) is 0.240. The van der Waals surface area contributed by atoms with E-state index in [1.165, 1.54) is 0 Å². The number of hydrogen-bond donors (Lipinski definition) is 2. The first-order valence-electron chi connectivity index (χ1n) is 11.4. The van der Waals surface area contributed by atoms with Crippen LogP contribution in [0.3, 0.4) is 0 Å². The van der Waals surface area contributed by atoms with Crippen LogP contribution in [0.2, 0.25) is 0 Å². The molecule has 1 fully saturated rings. The number of carbonyl (C=O) groups is 1. The highest BCUT2D eigenvalue weighted by Crippen LogP contribution is 2.36. The van der Waals surface area contributed by atoms with Gasteiger partial charge in [-0.15, -0.1) is 0 Å². The topological polar surface area (TPSA) is 123 Å². The summed E-state index contributed by atoms with van der Waals surface area (Å²) in [5, 5.41) is 25.4. The molecule has 0 spiro atoms. The number of amides is 1. The zero-order valence-corrected chi connectivity index (χ0v) is 19.2. The van der Waals surface area contributed by atoms with Crippen LogP contribution in [0.5, 0.6) is 0 Å². The smallest absolute Gasteiger partial charge is 0.259 e. The van der Waals surface area contributed by atoms with Crippen molar-refractivity contribution in [3.05, 3.63) is 72.0 Å². The summed E-state index contributed by atoms with van der Waals surface area (Å²) in [6, 6.07) is 11.4. The molecule has 10 heteroatoms. The van der Waals surface area contributed by atoms with Crippen molar-refractivity contribution in [1.29, 1.82) is 0 Å². The molecule has 0 bridgehead atoms. The lowest BCUT2D eigenvalue weighted by Gasteiger charge is -2.27. The van der Waals surface area contributed by atoms with Crippen LogP contribution in [-0.4, -0.2) is 46.7 Å². The van der Waals surface area contributed by atoms with Crippen LogP contribution in [0.1, 0.15) is 40.6 Å². The summed E-state index contributed by atoms with van der Waals surface area (Å²) in [4.78, 5) is 17.7. The first-order chi connectivity index (χ1) is 16.9. The van der Waals surface area contributed by atoms with Crippen molar-refractivity contribution in [2.45, 2.75) is 31.8 Å². The number of aromatic nitrogens is 6. The van der Waals surface area contributed by atoms with Crippen molar-refractivity contribution in [1.82, 2.24) is 29.5 Å². The quantitative estimate of drug-likeness (QED) is 0.403. The van der Waals surface area contributed by atoms with E-state index in [0.717, 1.165) is 22.4 Å². The van der Waals surface area contributed by atoms with Gasteiger partial charge in [-0.25, -0.2) is 4.52 Å². The SMILES string of the molecule is Cc1ccc(-c2noc(C3CC(O)C3)n2)cc1NC(=O)c1cnn2cc(-c3ccn(C)n3)ccc12. The van der Waals surface area contributed by atoms with E-state index in [2.05, 4.69) is 25.7 Å². The Morgan fingerprint density at radius 3 is 2.77 bits per heavy atom. The Morgan fingerprint density at radius 1 is 1.17 bits per heavy atom. The fourth-order valence-electron chi connectivity index (χ4n) is 4.27.